The number of aliphatic hydroxyl groups excluding tert-OH is 1. The van der Waals surface area contributed by atoms with E-state index in [9.17, 15) is 43.2 Å². The van der Waals surface area contributed by atoms with E-state index in [-0.39, 0.29) is 25.7 Å². The SMILES string of the molecule is CCCCCCCCCCCCCCCCCCCCCCC(=O)O[C@H](COC(=O)CCCCCCCCCCCCCC(C)C)COP(=O)(O)OC[C@@H](O)COP(=O)(O)OC[C@@H](COC(=O)CCCCCCCCCC(C)C)OC(=O)CCCCCCCCCCCCCCCC. The van der Waals surface area contributed by atoms with Crippen LogP contribution in [0.2, 0.25) is 0 Å². The summed E-state index contributed by atoms with van der Waals surface area (Å²) in [4.78, 5) is 72.9. The van der Waals surface area contributed by atoms with Gasteiger partial charge in [0.2, 0.25) is 0 Å². The molecule has 0 heterocycles. The van der Waals surface area contributed by atoms with Gasteiger partial charge in [0.05, 0.1) is 26.4 Å². The van der Waals surface area contributed by atoms with Crippen molar-refractivity contribution in [1.82, 2.24) is 0 Å². The molecule has 582 valence electrons. The predicted octanol–water partition coefficient (Wildman–Crippen LogP) is 23.5. The number of carbonyl (C=O) groups is 4. The summed E-state index contributed by atoms with van der Waals surface area (Å²) >= 11 is 0. The lowest BCUT2D eigenvalue weighted by atomic mass is 10.0. The lowest BCUT2D eigenvalue weighted by molar-refractivity contribution is -0.161. The maximum atomic E-state index is 13.1. The topological polar surface area (TPSA) is 237 Å². The average Bonchev–Trinajstić information content (AvgIpc) is 1.14. The molecule has 0 aliphatic carbocycles. The Morgan fingerprint density at radius 3 is 0.694 bits per heavy atom. The molecule has 0 amide bonds. The summed E-state index contributed by atoms with van der Waals surface area (Å²) in [5.74, 6) is -0.636. The number of phosphoric acid groups is 2. The number of rotatable bonds is 78. The first kappa shape index (κ1) is 96.1. The van der Waals surface area contributed by atoms with Crippen molar-refractivity contribution in [3.05, 3.63) is 0 Å². The van der Waals surface area contributed by atoms with Gasteiger partial charge in [-0.1, -0.05) is 363 Å². The van der Waals surface area contributed by atoms with Crippen molar-refractivity contribution in [1.29, 1.82) is 0 Å². The normalized spacial score (nSPS) is 13.9. The van der Waals surface area contributed by atoms with Gasteiger partial charge in [0.1, 0.15) is 19.3 Å². The molecule has 2 unspecified atom stereocenters. The minimum absolute atomic E-state index is 0.107. The largest absolute Gasteiger partial charge is 0.472 e. The van der Waals surface area contributed by atoms with Gasteiger partial charge in [-0.2, -0.15) is 0 Å². The van der Waals surface area contributed by atoms with Gasteiger partial charge in [-0.05, 0) is 37.5 Å². The number of esters is 4. The smallest absolute Gasteiger partial charge is 0.462 e. The third-order valence-corrected chi connectivity index (χ3v) is 20.4. The fourth-order valence-corrected chi connectivity index (χ4v) is 13.8. The Morgan fingerprint density at radius 2 is 0.469 bits per heavy atom. The Kier molecular flexibility index (Phi) is 69.3. The molecule has 17 nitrogen and oxygen atoms in total. The van der Waals surface area contributed by atoms with Crippen molar-refractivity contribution in [2.45, 2.75) is 432 Å². The minimum atomic E-state index is -4.96. The number of ether oxygens (including phenoxy) is 4. The monoisotopic (exact) mass is 1440 g/mol. The van der Waals surface area contributed by atoms with Crippen molar-refractivity contribution in [3.63, 3.8) is 0 Å². The highest BCUT2D eigenvalue weighted by Gasteiger charge is 2.30. The molecule has 5 atom stereocenters. The van der Waals surface area contributed by atoms with Crippen molar-refractivity contribution in [2.75, 3.05) is 39.6 Å². The number of hydrogen-bond acceptors (Lipinski definition) is 15. The lowest BCUT2D eigenvalue weighted by Gasteiger charge is -2.21. The zero-order valence-electron chi connectivity index (χ0n) is 64.1. The van der Waals surface area contributed by atoms with Gasteiger partial charge >= 0.3 is 39.5 Å². The molecule has 0 spiro atoms. The van der Waals surface area contributed by atoms with E-state index in [2.05, 4.69) is 41.5 Å². The third-order valence-electron chi connectivity index (χ3n) is 18.5. The van der Waals surface area contributed by atoms with Gasteiger partial charge in [0.25, 0.3) is 0 Å². The molecular weight excluding hydrogens is 1280 g/mol. The van der Waals surface area contributed by atoms with E-state index in [1.54, 1.807) is 0 Å². The van der Waals surface area contributed by atoms with Crippen LogP contribution >= 0.6 is 15.6 Å². The molecule has 0 aromatic heterocycles. The minimum Gasteiger partial charge on any atom is -0.462 e. The maximum Gasteiger partial charge on any atom is 0.472 e. The van der Waals surface area contributed by atoms with E-state index >= 15 is 0 Å². The molecule has 0 radical (unpaired) electrons. The van der Waals surface area contributed by atoms with Gasteiger partial charge in [0, 0.05) is 25.7 Å². The van der Waals surface area contributed by atoms with Crippen LogP contribution in [0.4, 0.5) is 0 Å². The summed E-state index contributed by atoms with van der Waals surface area (Å²) < 4.78 is 68.6. The van der Waals surface area contributed by atoms with Crippen LogP contribution < -0.4 is 0 Å². The van der Waals surface area contributed by atoms with Crippen molar-refractivity contribution in [3.8, 4) is 0 Å². The molecule has 0 bridgehead atoms. The van der Waals surface area contributed by atoms with Crippen LogP contribution in [0.3, 0.4) is 0 Å². The number of phosphoric ester groups is 2. The molecule has 98 heavy (non-hydrogen) atoms. The molecule has 0 aliphatic rings. The van der Waals surface area contributed by atoms with Crippen LogP contribution in [0, 0.1) is 11.8 Å². The Balaban J connectivity index is 5.22. The summed E-state index contributed by atoms with van der Waals surface area (Å²) in [5.41, 5.74) is 0. The number of hydrogen-bond donors (Lipinski definition) is 3. The highest BCUT2D eigenvalue weighted by molar-refractivity contribution is 7.47. The van der Waals surface area contributed by atoms with Gasteiger partial charge in [0.15, 0.2) is 12.2 Å². The first-order valence-corrected chi connectivity index (χ1v) is 44.0. The summed E-state index contributed by atoms with van der Waals surface area (Å²) in [7, 11) is -9.92. The lowest BCUT2D eigenvalue weighted by Crippen LogP contribution is -2.30. The molecular formula is C79H154O17P2. The fraction of sp³-hybridized carbons (Fsp3) is 0.949. The zero-order chi connectivity index (χ0) is 72.1. The highest BCUT2D eigenvalue weighted by Crippen LogP contribution is 2.45. The van der Waals surface area contributed by atoms with E-state index < -0.39 is 97.5 Å². The van der Waals surface area contributed by atoms with E-state index in [4.69, 9.17) is 37.0 Å². The maximum absolute atomic E-state index is 13.1. The van der Waals surface area contributed by atoms with Crippen LogP contribution in [0.1, 0.15) is 414 Å². The molecule has 0 saturated carbocycles. The van der Waals surface area contributed by atoms with Gasteiger partial charge in [-0.25, -0.2) is 9.13 Å². The van der Waals surface area contributed by atoms with Crippen LogP contribution in [-0.2, 0) is 65.4 Å². The second-order valence-electron chi connectivity index (χ2n) is 29.4. The fourth-order valence-electron chi connectivity index (χ4n) is 12.2. The van der Waals surface area contributed by atoms with Gasteiger partial charge in [-0.3, -0.25) is 37.3 Å². The van der Waals surface area contributed by atoms with Gasteiger partial charge in [-0.15, -0.1) is 0 Å². The second kappa shape index (κ2) is 70.7. The second-order valence-corrected chi connectivity index (χ2v) is 32.3. The summed E-state index contributed by atoms with van der Waals surface area (Å²) in [5, 5.41) is 10.6. The average molecular weight is 1440 g/mol. The van der Waals surface area contributed by atoms with E-state index in [0.29, 0.717) is 31.6 Å². The number of aliphatic hydroxyl groups is 1. The molecule has 0 aliphatic heterocycles. The predicted molar refractivity (Wildman–Crippen MR) is 400 cm³/mol. The first-order valence-electron chi connectivity index (χ1n) is 41.0. The van der Waals surface area contributed by atoms with Crippen molar-refractivity contribution >= 4 is 39.5 Å². The van der Waals surface area contributed by atoms with E-state index in [0.717, 1.165) is 102 Å². The third kappa shape index (κ3) is 72.4. The van der Waals surface area contributed by atoms with Gasteiger partial charge < -0.3 is 33.8 Å². The van der Waals surface area contributed by atoms with Crippen LogP contribution in [0.5, 0.6) is 0 Å². The summed E-state index contributed by atoms with van der Waals surface area (Å²) in [6.07, 6.45) is 59.7. The Hall–Kier alpha value is -1.94. The number of unbranched alkanes of at least 4 members (excludes halogenated alkanes) is 48. The molecule has 3 N–H and O–H groups in total. The standard InChI is InChI=1S/C79H154O17P2/c1-7-9-11-13-15-17-19-21-23-24-25-26-27-28-30-34-39-45-52-58-64-78(83)95-74(67-89-76(81)61-55-49-43-37-35-31-32-36-41-47-53-59-71(3)4)69-93-97(85,86)91-65-73(80)66-92-98(87,88)94-70-75(68-90-77(82)62-56-50-46-40-42-48-54-60-72(5)6)96-79(84)63-57-51-44-38-33-29-22-20-18-16-14-12-10-8-2/h71-75,80H,7-70H2,1-6H3,(H,85,86)(H,87,88)/t73-,74-,75-/m1/s1. The Morgan fingerprint density at radius 1 is 0.276 bits per heavy atom. The Bertz CT molecular complexity index is 1890. The first-order chi connectivity index (χ1) is 47.4. The number of carbonyl (C=O) groups excluding carboxylic acids is 4. The zero-order valence-corrected chi connectivity index (χ0v) is 65.9. The quantitative estimate of drug-likeness (QED) is 0.0222. The molecule has 0 aromatic rings. The van der Waals surface area contributed by atoms with Crippen LogP contribution in [-0.4, -0.2) is 96.7 Å². The Labute approximate surface area is 600 Å². The van der Waals surface area contributed by atoms with Crippen LogP contribution in [0.15, 0.2) is 0 Å². The van der Waals surface area contributed by atoms with E-state index in [1.165, 1.54) is 225 Å². The van der Waals surface area contributed by atoms with E-state index in [1.807, 2.05) is 0 Å². The molecule has 0 rings (SSSR count). The summed E-state index contributed by atoms with van der Waals surface area (Å²) in [6.45, 7) is 9.57. The molecule has 0 fully saturated rings. The highest BCUT2D eigenvalue weighted by atomic mass is 31.2. The summed E-state index contributed by atoms with van der Waals surface area (Å²) in [6, 6.07) is 0. The molecule has 0 aromatic carbocycles. The van der Waals surface area contributed by atoms with Crippen molar-refractivity contribution < 1.29 is 80.2 Å². The van der Waals surface area contributed by atoms with Crippen molar-refractivity contribution in [2.24, 2.45) is 11.8 Å². The molecule has 0 saturated heterocycles. The van der Waals surface area contributed by atoms with Crippen LogP contribution in [0.25, 0.3) is 0 Å². The molecule has 19 heteroatoms.